The first-order valence-electron chi connectivity index (χ1n) is 9.97. The second-order valence-corrected chi connectivity index (χ2v) is 8.56. The average Bonchev–Trinajstić information content (AvgIpc) is 2.78. The molecule has 1 aliphatic rings. The van der Waals surface area contributed by atoms with E-state index in [0.29, 0.717) is 5.56 Å². The van der Waals surface area contributed by atoms with Crippen LogP contribution >= 0.6 is 15.9 Å². The van der Waals surface area contributed by atoms with E-state index in [4.69, 9.17) is 4.74 Å². The Bertz CT molecular complexity index is 1140. The minimum atomic E-state index is -0.560. The number of aryl methyl sites for hydroxylation is 1. The Morgan fingerprint density at radius 3 is 2.45 bits per heavy atom. The highest BCUT2D eigenvalue weighted by Gasteiger charge is 2.42. The fraction of sp³-hybridized carbons (Fsp3) is 0.200. The maximum atomic E-state index is 13.6. The van der Waals surface area contributed by atoms with E-state index in [-0.39, 0.29) is 11.8 Å². The third kappa shape index (κ3) is 3.95. The molecular formula is C25H23BrN2O3. The third-order valence-corrected chi connectivity index (χ3v) is 6.26. The molecule has 1 heterocycles. The molecule has 2 amide bonds. The van der Waals surface area contributed by atoms with Crippen molar-refractivity contribution in [2.45, 2.75) is 18.9 Å². The van der Waals surface area contributed by atoms with Gasteiger partial charge in [0.15, 0.2) is 0 Å². The van der Waals surface area contributed by atoms with E-state index in [1.54, 1.807) is 25.1 Å². The highest BCUT2D eigenvalue weighted by atomic mass is 79.9. The van der Waals surface area contributed by atoms with Gasteiger partial charge in [-0.2, -0.15) is 0 Å². The summed E-state index contributed by atoms with van der Waals surface area (Å²) in [7, 11) is 3.36. The number of halogens is 1. The molecule has 1 N–H and O–H groups in total. The topological polar surface area (TPSA) is 58.6 Å². The van der Waals surface area contributed by atoms with Crippen molar-refractivity contribution in [2.75, 3.05) is 19.5 Å². The maximum absolute atomic E-state index is 13.6. The van der Waals surface area contributed by atoms with Crippen LogP contribution in [0.5, 0.6) is 5.75 Å². The van der Waals surface area contributed by atoms with Crippen molar-refractivity contribution in [2.24, 2.45) is 0 Å². The lowest BCUT2D eigenvalue weighted by Crippen LogP contribution is -2.44. The molecule has 0 unspecified atom stereocenters. The van der Waals surface area contributed by atoms with Gasteiger partial charge in [-0.05, 0) is 60.0 Å². The zero-order valence-corrected chi connectivity index (χ0v) is 19.1. The number of carbonyl (C=O) groups excluding carboxylic acids is 2. The number of amides is 2. The molecule has 2 atom stereocenters. The number of methoxy groups -OCH3 is 1. The number of carbonyl (C=O) groups is 2. The van der Waals surface area contributed by atoms with E-state index in [1.807, 2.05) is 67.6 Å². The summed E-state index contributed by atoms with van der Waals surface area (Å²) in [5.41, 5.74) is 3.87. The standard InChI is InChI=1S/C25H23BrN2O3/c1-15-14-17(26)10-13-21(15)27-24(29)22-19-6-4-5-7-20(19)25(30)28(2)23(22)16-8-11-18(31-3)12-9-16/h4-14,22-23H,1-3H3,(H,27,29)/t22-,23-/m1/s1. The van der Waals surface area contributed by atoms with Crippen LogP contribution in [0.15, 0.2) is 71.2 Å². The number of anilines is 1. The number of benzene rings is 3. The van der Waals surface area contributed by atoms with Crippen molar-refractivity contribution >= 4 is 33.4 Å². The number of rotatable bonds is 4. The number of hydrogen-bond donors (Lipinski definition) is 1. The van der Waals surface area contributed by atoms with E-state index in [1.165, 1.54) is 0 Å². The summed E-state index contributed by atoms with van der Waals surface area (Å²) in [6.45, 7) is 1.95. The first-order chi connectivity index (χ1) is 14.9. The average molecular weight is 479 g/mol. The Balaban J connectivity index is 1.79. The second-order valence-electron chi connectivity index (χ2n) is 7.65. The van der Waals surface area contributed by atoms with Crippen LogP contribution in [0.1, 0.15) is 39.0 Å². The van der Waals surface area contributed by atoms with Crippen LogP contribution in [0.25, 0.3) is 0 Å². The van der Waals surface area contributed by atoms with Crippen molar-refractivity contribution in [1.29, 1.82) is 0 Å². The lowest BCUT2D eigenvalue weighted by Gasteiger charge is -2.39. The minimum absolute atomic E-state index is 0.0970. The maximum Gasteiger partial charge on any atom is 0.254 e. The Morgan fingerprint density at radius 1 is 1.06 bits per heavy atom. The van der Waals surface area contributed by atoms with Crippen molar-refractivity contribution in [3.05, 3.63) is 93.5 Å². The fourth-order valence-corrected chi connectivity index (χ4v) is 4.63. The molecule has 0 aliphatic carbocycles. The molecule has 6 heteroatoms. The number of fused-ring (bicyclic) bond motifs is 1. The molecule has 0 bridgehead atoms. The normalized spacial score (nSPS) is 17.8. The molecule has 0 fully saturated rings. The summed E-state index contributed by atoms with van der Waals surface area (Å²) in [5.74, 6) is -0.0888. The molecule has 0 saturated heterocycles. The largest absolute Gasteiger partial charge is 0.497 e. The third-order valence-electron chi connectivity index (χ3n) is 5.77. The number of likely N-dealkylation sites (N-methyl/N-ethyl adjacent to an activating group) is 1. The van der Waals surface area contributed by atoms with Crippen LogP contribution < -0.4 is 10.1 Å². The van der Waals surface area contributed by atoms with Crippen LogP contribution in [0.4, 0.5) is 5.69 Å². The Morgan fingerprint density at radius 2 is 1.77 bits per heavy atom. The van der Waals surface area contributed by atoms with Gasteiger partial charge in [0.25, 0.3) is 5.91 Å². The highest BCUT2D eigenvalue weighted by Crippen LogP contribution is 2.43. The van der Waals surface area contributed by atoms with Gasteiger partial charge in [0, 0.05) is 22.8 Å². The fourth-order valence-electron chi connectivity index (χ4n) is 4.15. The molecule has 0 saturated carbocycles. The molecule has 5 nitrogen and oxygen atoms in total. The van der Waals surface area contributed by atoms with Crippen molar-refractivity contribution in [3.63, 3.8) is 0 Å². The minimum Gasteiger partial charge on any atom is -0.497 e. The number of ether oxygens (including phenoxy) is 1. The predicted octanol–water partition coefficient (Wildman–Crippen LogP) is 5.32. The summed E-state index contributed by atoms with van der Waals surface area (Å²) >= 11 is 3.46. The first-order valence-corrected chi connectivity index (χ1v) is 10.8. The van der Waals surface area contributed by atoms with Gasteiger partial charge in [-0.1, -0.05) is 46.3 Å². The predicted molar refractivity (Wildman–Crippen MR) is 125 cm³/mol. The van der Waals surface area contributed by atoms with Crippen LogP contribution in [0.3, 0.4) is 0 Å². The van der Waals surface area contributed by atoms with E-state index >= 15 is 0 Å². The van der Waals surface area contributed by atoms with Gasteiger partial charge >= 0.3 is 0 Å². The van der Waals surface area contributed by atoms with Crippen LogP contribution in [0, 0.1) is 6.92 Å². The SMILES string of the molecule is COc1ccc([C@@H]2[C@H](C(=O)Nc3ccc(Br)cc3C)c3ccccc3C(=O)N2C)cc1. The summed E-state index contributed by atoms with van der Waals surface area (Å²) in [6, 6.07) is 20.2. The molecule has 0 radical (unpaired) electrons. The number of nitrogens with one attached hydrogen (secondary N) is 1. The lowest BCUT2D eigenvalue weighted by atomic mass is 9.79. The Hall–Kier alpha value is -3.12. The van der Waals surface area contributed by atoms with Crippen molar-refractivity contribution in [3.8, 4) is 5.75 Å². The van der Waals surface area contributed by atoms with Crippen LogP contribution in [-0.2, 0) is 4.79 Å². The quantitative estimate of drug-likeness (QED) is 0.552. The van der Waals surface area contributed by atoms with E-state index in [0.717, 1.165) is 32.6 Å². The molecule has 0 aromatic heterocycles. The van der Waals surface area contributed by atoms with Gasteiger partial charge in [-0.25, -0.2) is 0 Å². The molecular weight excluding hydrogens is 456 g/mol. The lowest BCUT2D eigenvalue weighted by molar-refractivity contribution is -0.119. The van der Waals surface area contributed by atoms with Crippen LogP contribution in [-0.4, -0.2) is 30.9 Å². The number of nitrogens with zero attached hydrogens (tertiary/aromatic N) is 1. The Labute approximate surface area is 190 Å². The smallest absolute Gasteiger partial charge is 0.254 e. The van der Waals surface area contributed by atoms with E-state index in [9.17, 15) is 9.59 Å². The second kappa shape index (κ2) is 8.55. The highest BCUT2D eigenvalue weighted by molar-refractivity contribution is 9.10. The first kappa shape index (κ1) is 21.1. The van der Waals surface area contributed by atoms with E-state index < -0.39 is 12.0 Å². The summed E-state index contributed by atoms with van der Waals surface area (Å²) in [5, 5.41) is 3.08. The molecule has 3 aromatic rings. The van der Waals surface area contributed by atoms with Gasteiger partial charge in [-0.3, -0.25) is 9.59 Å². The summed E-state index contributed by atoms with van der Waals surface area (Å²) < 4.78 is 6.22. The van der Waals surface area contributed by atoms with Crippen LogP contribution in [0.2, 0.25) is 0 Å². The number of hydrogen-bond acceptors (Lipinski definition) is 3. The molecule has 0 spiro atoms. The zero-order chi connectivity index (χ0) is 22.1. The van der Waals surface area contributed by atoms with Gasteiger partial charge in [-0.15, -0.1) is 0 Å². The van der Waals surface area contributed by atoms with Gasteiger partial charge < -0.3 is 15.0 Å². The molecule has 1 aliphatic heterocycles. The van der Waals surface area contributed by atoms with E-state index in [2.05, 4.69) is 21.2 Å². The van der Waals surface area contributed by atoms with Gasteiger partial charge in [0.1, 0.15) is 5.75 Å². The molecule has 158 valence electrons. The molecule has 4 rings (SSSR count). The van der Waals surface area contributed by atoms with Gasteiger partial charge in [0.2, 0.25) is 5.91 Å². The molecule has 31 heavy (non-hydrogen) atoms. The summed E-state index contributed by atoms with van der Waals surface area (Å²) in [6.07, 6.45) is 0. The Kier molecular flexibility index (Phi) is 5.83. The monoisotopic (exact) mass is 478 g/mol. The van der Waals surface area contributed by atoms with Crippen molar-refractivity contribution < 1.29 is 14.3 Å². The zero-order valence-electron chi connectivity index (χ0n) is 17.6. The molecule has 3 aromatic carbocycles. The summed E-state index contributed by atoms with van der Waals surface area (Å²) in [4.78, 5) is 28.4. The van der Waals surface area contributed by atoms with Gasteiger partial charge in [0.05, 0.1) is 19.1 Å². The van der Waals surface area contributed by atoms with Crippen molar-refractivity contribution in [1.82, 2.24) is 4.90 Å².